The first-order chi connectivity index (χ1) is 9.63. The predicted octanol–water partition coefficient (Wildman–Crippen LogP) is 3.48. The molecular formula is C15H15ClN4. The van der Waals surface area contributed by atoms with Crippen molar-refractivity contribution in [3.63, 3.8) is 0 Å². The summed E-state index contributed by atoms with van der Waals surface area (Å²) in [7, 11) is 0. The SMILES string of the molecule is Cc1cc(Cn2cc(C(C)Cl)nn2)c2ccccc2n1. The van der Waals surface area contributed by atoms with E-state index in [0.29, 0.717) is 6.54 Å². The molecule has 2 aromatic heterocycles. The van der Waals surface area contributed by atoms with Gasteiger partial charge in [-0.2, -0.15) is 0 Å². The predicted molar refractivity (Wildman–Crippen MR) is 79.9 cm³/mol. The van der Waals surface area contributed by atoms with Gasteiger partial charge >= 0.3 is 0 Å². The van der Waals surface area contributed by atoms with Crippen molar-refractivity contribution in [2.75, 3.05) is 0 Å². The van der Waals surface area contributed by atoms with Crippen molar-refractivity contribution in [1.82, 2.24) is 20.0 Å². The van der Waals surface area contributed by atoms with Crippen LogP contribution in [-0.2, 0) is 6.54 Å². The van der Waals surface area contributed by atoms with E-state index in [1.165, 1.54) is 5.56 Å². The Morgan fingerprint density at radius 2 is 2.10 bits per heavy atom. The number of para-hydroxylation sites is 1. The molecule has 0 amide bonds. The van der Waals surface area contributed by atoms with Gasteiger partial charge in [-0.25, -0.2) is 4.68 Å². The first kappa shape index (κ1) is 13.1. The zero-order valence-electron chi connectivity index (χ0n) is 11.4. The summed E-state index contributed by atoms with van der Waals surface area (Å²) >= 11 is 6.01. The number of hydrogen-bond donors (Lipinski definition) is 0. The maximum atomic E-state index is 6.01. The smallest absolute Gasteiger partial charge is 0.100 e. The largest absolute Gasteiger partial charge is 0.253 e. The van der Waals surface area contributed by atoms with Gasteiger partial charge in [0.05, 0.1) is 23.6 Å². The minimum atomic E-state index is -0.125. The zero-order chi connectivity index (χ0) is 14.1. The molecule has 102 valence electrons. The van der Waals surface area contributed by atoms with Crippen LogP contribution in [0.25, 0.3) is 10.9 Å². The van der Waals surface area contributed by atoms with E-state index in [4.69, 9.17) is 11.6 Å². The average molecular weight is 287 g/mol. The second-order valence-electron chi connectivity index (χ2n) is 4.90. The Hall–Kier alpha value is -1.94. The van der Waals surface area contributed by atoms with Gasteiger partial charge in [-0.05, 0) is 31.5 Å². The minimum Gasteiger partial charge on any atom is -0.253 e. The molecular weight excluding hydrogens is 272 g/mol. The number of aromatic nitrogens is 4. The normalized spacial score (nSPS) is 12.8. The van der Waals surface area contributed by atoms with Gasteiger partial charge in [-0.15, -0.1) is 16.7 Å². The average Bonchev–Trinajstić information content (AvgIpc) is 2.87. The third kappa shape index (κ3) is 2.51. The lowest BCUT2D eigenvalue weighted by Crippen LogP contribution is -2.02. The van der Waals surface area contributed by atoms with Crippen molar-refractivity contribution in [3.8, 4) is 0 Å². The van der Waals surface area contributed by atoms with Crippen molar-refractivity contribution >= 4 is 22.5 Å². The lowest BCUT2D eigenvalue weighted by atomic mass is 10.1. The van der Waals surface area contributed by atoms with E-state index < -0.39 is 0 Å². The van der Waals surface area contributed by atoms with Crippen LogP contribution in [0.1, 0.15) is 29.3 Å². The van der Waals surface area contributed by atoms with E-state index in [0.717, 1.165) is 22.3 Å². The Morgan fingerprint density at radius 3 is 2.85 bits per heavy atom. The summed E-state index contributed by atoms with van der Waals surface area (Å²) < 4.78 is 1.81. The zero-order valence-corrected chi connectivity index (χ0v) is 12.2. The Balaban J connectivity index is 2.01. The molecule has 3 aromatic rings. The molecule has 0 aliphatic heterocycles. The maximum Gasteiger partial charge on any atom is 0.100 e. The summed E-state index contributed by atoms with van der Waals surface area (Å²) in [5.41, 5.74) is 3.99. The Labute approximate surface area is 122 Å². The van der Waals surface area contributed by atoms with Crippen molar-refractivity contribution in [1.29, 1.82) is 0 Å². The lowest BCUT2D eigenvalue weighted by molar-refractivity contribution is 0.651. The van der Waals surface area contributed by atoms with Gasteiger partial charge in [-0.3, -0.25) is 4.98 Å². The summed E-state index contributed by atoms with van der Waals surface area (Å²) in [5.74, 6) is 0. The maximum absolute atomic E-state index is 6.01. The summed E-state index contributed by atoms with van der Waals surface area (Å²) in [6, 6.07) is 10.2. The van der Waals surface area contributed by atoms with Crippen molar-refractivity contribution in [2.45, 2.75) is 25.8 Å². The highest BCUT2D eigenvalue weighted by Gasteiger charge is 2.09. The molecule has 0 aliphatic carbocycles. The monoisotopic (exact) mass is 286 g/mol. The second kappa shape index (κ2) is 5.21. The molecule has 1 unspecified atom stereocenters. The Bertz CT molecular complexity index is 748. The molecule has 20 heavy (non-hydrogen) atoms. The van der Waals surface area contributed by atoms with E-state index in [2.05, 4.69) is 27.4 Å². The topological polar surface area (TPSA) is 43.6 Å². The van der Waals surface area contributed by atoms with Gasteiger partial charge in [0.25, 0.3) is 0 Å². The first-order valence-electron chi connectivity index (χ1n) is 6.53. The third-order valence-electron chi connectivity index (χ3n) is 3.23. The van der Waals surface area contributed by atoms with Crippen LogP contribution in [-0.4, -0.2) is 20.0 Å². The van der Waals surface area contributed by atoms with E-state index in [-0.39, 0.29) is 5.38 Å². The molecule has 1 aromatic carbocycles. The number of fused-ring (bicyclic) bond motifs is 1. The van der Waals surface area contributed by atoms with Gasteiger partial charge in [0.1, 0.15) is 5.69 Å². The number of aryl methyl sites for hydroxylation is 1. The van der Waals surface area contributed by atoms with Crippen LogP contribution in [0.2, 0.25) is 0 Å². The molecule has 0 saturated carbocycles. The molecule has 5 heteroatoms. The van der Waals surface area contributed by atoms with Gasteiger partial charge in [0, 0.05) is 11.1 Å². The standard InChI is InChI=1S/C15H15ClN4/c1-10-7-12(13-5-3-4-6-14(13)17-10)8-20-9-15(11(2)16)18-19-20/h3-7,9,11H,8H2,1-2H3. The van der Waals surface area contributed by atoms with Crippen LogP contribution < -0.4 is 0 Å². The fourth-order valence-electron chi connectivity index (χ4n) is 2.27. The van der Waals surface area contributed by atoms with Crippen LogP contribution in [0.3, 0.4) is 0 Å². The molecule has 0 bridgehead atoms. The number of benzene rings is 1. The number of hydrogen-bond acceptors (Lipinski definition) is 3. The summed E-state index contributed by atoms with van der Waals surface area (Å²) in [4.78, 5) is 4.54. The number of halogens is 1. The molecule has 0 spiro atoms. The molecule has 4 nitrogen and oxygen atoms in total. The fourth-order valence-corrected chi connectivity index (χ4v) is 2.37. The highest BCUT2D eigenvalue weighted by atomic mass is 35.5. The van der Waals surface area contributed by atoms with Crippen molar-refractivity contribution < 1.29 is 0 Å². The quantitative estimate of drug-likeness (QED) is 0.692. The molecule has 1 atom stereocenters. The molecule has 3 rings (SSSR count). The fraction of sp³-hybridized carbons (Fsp3) is 0.267. The van der Waals surface area contributed by atoms with Crippen LogP contribution in [0.4, 0.5) is 0 Å². The highest BCUT2D eigenvalue weighted by molar-refractivity contribution is 6.20. The lowest BCUT2D eigenvalue weighted by Gasteiger charge is -2.07. The number of rotatable bonds is 3. The Morgan fingerprint density at radius 1 is 1.30 bits per heavy atom. The summed E-state index contributed by atoms with van der Waals surface area (Å²) in [6.07, 6.45) is 1.89. The number of nitrogens with zero attached hydrogens (tertiary/aromatic N) is 4. The van der Waals surface area contributed by atoms with Crippen LogP contribution in [0.5, 0.6) is 0 Å². The molecule has 0 fully saturated rings. The third-order valence-corrected chi connectivity index (χ3v) is 3.45. The number of pyridine rings is 1. The van der Waals surface area contributed by atoms with E-state index >= 15 is 0 Å². The van der Waals surface area contributed by atoms with Gasteiger partial charge in [0.15, 0.2) is 0 Å². The van der Waals surface area contributed by atoms with Gasteiger partial charge in [0.2, 0.25) is 0 Å². The van der Waals surface area contributed by atoms with Crippen LogP contribution in [0, 0.1) is 6.92 Å². The second-order valence-corrected chi connectivity index (χ2v) is 5.55. The van der Waals surface area contributed by atoms with Gasteiger partial charge < -0.3 is 0 Å². The number of alkyl halides is 1. The van der Waals surface area contributed by atoms with E-state index in [9.17, 15) is 0 Å². The molecule has 0 saturated heterocycles. The van der Waals surface area contributed by atoms with Gasteiger partial charge in [-0.1, -0.05) is 23.4 Å². The summed E-state index contributed by atoms with van der Waals surface area (Å²) in [6.45, 7) is 4.56. The molecule has 0 aliphatic rings. The highest BCUT2D eigenvalue weighted by Crippen LogP contribution is 2.20. The summed E-state index contributed by atoms with van der Waals surface area (Å²) in [5, 5.41) is 9.23. The molecule has 0 N–H and O–H groups in total. The minimum absolute atomic E-state index is 0.125. The van der Waals surface area contributed by atoms with Crippen LogP contribution >= 0.6 is 11.6 Å². The van der Waals surface area contributed by atoms with Crippen molar-refractivity contribution in [2.24, 2.45) is 0 Å². The van der Waals surface area contributed by atoms with Crippen LogP contribution in [0.15, 0.2) is 36.5 Å². The molecule has 2 heterocycles. The van der Waals surface area contributed by atoms with E-state index in [1.54, 1.807) is 0 Å². The Kier molecular flexibility index (Phi) is 3.40. The van der Waals surface area contributed by atoms with Crippen molar-refractivity contribution in [3.05, 3.63) is 53.5 Å². The van der Waals surface area contributed by atoms with E-state index in [1.807, 2.05) is 42.9 Å². The molecule has 0 radical (unpaired) electrons. The first-order valence-corrected chi connectivity index (χ1v) is 6.96.